The van der Waals surface area contributed by atoms with E-state index in [1.165, 1.54) is 26.0 Å². The van der Waals surface area contributed by atoms with Gasteiger partial charge in [-0.1, -0.05) is 0 Å². The molecule has 1 aliphatic carbocycles. The molecular weight excluding hydrogens is 156 g/mol. The van der Waals surface area contributed by atoms with E-state index in [-0.39, 0.29) is 5.78 Å². The van der Waals surface area contributed by atoms with Gasteiger partial charge in [0.15, 0.2) is 5.78 Å². The molecule has 0 aliphatic heterocycles. The molecular formula is C9H14O3. The quantitative estimate of drug-likeness (QED) is 0.599. The summed E-state index contributed by atoms with van der Waals surface area (Å²) in [4.78, 5) is 10.8. The third-order valence-corrected chi connectivity index (χ3v) is 2.36. The van der Waals surface area contributed by atoms with Crippen molar-refractivity contribution < 1.29 is 15.0 Å². The molecule has 1 rings (SSSR count). The monoisotopic (exact) mass is 170 g/mol. The van der Waals surface area contributed by atoms with Crippen molar-refractivity contribution in [2.75, 3.05) is 0 Å². The zero-order chi connectivity index (χ0) is 9.41. The zero-order valence-corrected chi connectivity index (χ0v) is 7.37. The number of hydrogen-bond acceptors (Lipinski definition) is 3. The minimum absolute atomic E-state index is 0.00363. The fourth-order valence-electron chi connectivity index (χ4n) is 1.22. The molecule has 0 radical (unpaired) electrons. The molecule has 68 valence electrons. The lowest BCUT2D eigenvalue weighted by atomic mass is 9.78. The van der Waals surface area contributed by atoms with Crippen LogP contribution in [0.25, 0.3) is 0 Å². The molecule has 0 heterocycles. The lowest BCUT2D eigenvalue weighted by Crippen LogP contribution is -2.50. The van der Waals surface area contributed by atoms with E-state index < -0.39 is 11.2 Å². The second-order valence-corrected chi connectivity index (χ2v) is 3.78. The van der Waals surface area contributed by atoms with Crippen molar-refractivity contribution in [1.82, 2.24) is 0 Å². The van der Waals surface area contributed by atoms with E-state index in [9.17, 15) is 15.0 Å². The summed E-state index contributed by atoms with van der Waals surface area (Å²) < 4.78 is 0. The van der Waals surface area contributed by atoms with Crippen molar-refractivity contribution in [2.45, 2.75) is 37.9 Å². The first-order valence-corrected chi connectivity index (χ1v) is 4.02. The van der Waals surface area contributed by atoms with Gasteiger partial charge in [-0.2, -0.15) is 0 Å². The van der Waals surface area contributed by atoms with Crippen molar-refractivity contribution >= 4 is 5.78 Å². The molecule has 0 bridgehead atoms. The number of rotatable bonds is 1. The summed E-state index contributed by atoms with van der Waals surface area (Å²) in [5, 5.41) is 19.4. The largest absolute Gasteiger partial charge is 0.387 e. The fourth-order valence-corrected chi connectivity index (χ4v) is 1.22. The van der Waals surface area contributed by atoms with Crippen molar-refractivity contribution in [1.29, 1.82) is 0 Å². The summed E-state index contributed by atoms with van der Waals surface area (Å²) >= 11 is 0. The third-order valence-electron chi connectivity index (χ3n) is 2.36. The summed E-state index contributed by atoms with van der Waals surface area (Å²) in [6, 6.07) is 0. The van der Waals surface area contributed by atoms with E-state index >= 15 is 0 Å². The van der Waals surface area contributed by atoms with E-state index in [0.29, 0.717) is 12.8 Å². The summed E-state index contributed by atoms with van der Waals surface area (Å²) in [6.07, 6.45) is 3.32. The molecule has 0 spiro atoms. The smallest absolute Gasteiger partial charge is 0.155 e. The Balaban J connectivity index is 2.88. The average molecular weight is 170 g/mol. The van der Waals surface area contributed by atoms with Crippen LogP contribution in [0.2, 0.25) is 0 Å². The number of ketones is 1. The zero-order valence-electron chi connectivity index (χ0n) is 7.37. The second-order valence-electron chi connectivity index (χ2n) is 3.78. The molecule has 0 saturated heterocycles. The Morgan fingerprint density at radius 2 is 2.17 bits per heavy atom. The van der Waals surface area contributed by atoms with Crippen molar-refractivity contribution in [2.24, 2.45) is 0 Å². The van der Waals surface area contributed by atoms with Gasteiger partial charge in [0.1, 0.15) is 5.60 Å². The number of aliphatic hydroxyl groups is 2. The highest BCUT2D eigenvalue weighted by atomic mass is 16.4. The standard InChI is InChI=1S/C9H14O3/c1-8(2,11)9(12)5-3-7(10)4-6-9/h3,5,11-12H,4,6H2,1-2H3/t9-/m0/s1. The minimum Gasteiger partial charge on any atom is -0.387 e. The summed E-state index contributed by atoms with van der Waals surface area (Å²) in [6.45, 7) is 3.07. The van der Waals surface area contributed by atoms with E-state index in [2.05, 4.69) is 0 Å². The highest BCUT2D eigenvalue weighted by molar-refractivity contribution is 5.90. The van der Waals surface area contributed by atoms with Gasteiger partial charge in [0.25, 0.3) is 0 Å². The number of carbonyl (C=O) groups excluding carboxylic acids is 1. The molecule has 0 amide bonds. The first kappa shape index (κ1) is 9.42. The second kappa shape index (κ2) is 2.68. The van der Waals surface area contributed by atoms with Crippen LogP contribution in [0.5, 0.6) is 0 Å². The molecule has 0 saturated carbocycles. The van der Waals surface area contributed by atoms with Crippen molar-refractivity contribution in [3.8, 4) is 0 Å². The van der Waals surface area contributed by atoms with E-state index in [0.717, 1.165) is 0 Å². The van der Waals surface area contributed by atoms with Crippen LogP contribution in [0.15, 0.2) is 12.2 Å². The van der Waals surface area contributed by atoms with Crippen LogP contribution < -0.4 is 0 Å². The van der Waals surface area contributed by atoms with E-state index in [1.807, 2.05) is 0 Å². The first-order valence-electron chi connectivity index (χ1n) is 4.02. The minimum atomic E-state index is -1.25. The van der Waals surface area contributed by atoms with Gasteiger partial charge in [0, 0.05) is 6.42 Å². The van der Waals surface area contributed by atoms with Crippen LogP contribution in [0.3, 0.4) is 0 Å². The van der Waals surface area contributed by atoms with Crippen LogP contribution in [-0.2, 0) is 4.79 Å². The number of hydrogen-bond donors (Lipinski definition) is 2. The van der Waals surface area contributed by atoms with Crippen molar-refractivity contribution in [3.63, 3.8) is 0 Å². The third kappa shape index (κ3) is 1.57. The van der Waals surface area contributed by atoms with Gasteiger partial charge in [-0.3, -0.25) is 4.79 Å². The van der Waals surface area contributed by atoms with Crippen LogP contribution in [0.1, 0.15) is 26.7 Å². The molecule has 0 aromatic carbocycles. The summed E-state index contributed by atoms with van der Waals surface area (Å²) in [5.74, 6) is 0.00363. The molecule has 1 aliphatic rings. The molecule has 2 N–H and O–H groups in total. The number of allylic oxidation sites excluding steroid dienone is 1. The average Bonchev–Trinajstić information content (AvgIpc) is 1.93. The first-order chi connectivity index (χ1) is 5.35. The molecule has 0 aromatic heterocycles. The van der Waals surface area contributed by atoms with Gasteiger partial charge in [-0.05, 0) is 32.4 Å². The predicted molar refractivity (Wildman–Crippen MR) is 44.6 cm³/mol. The van der Waals surface area contributed by atoms with E-state index in [4.69, 9.17) is 0 Å². The van der Waals surface area contributed by atoms with Gasteiger partial charge < -0.3 is 10.2 Å². The number of carbonyl (C=O) groups is 1. The van der Waals surface area contributed by atoms with Gasteiger partial charge in [-0.15, -0.1) is 0 Å². The Morgan fingerprint density at radius 3 is 2.50 bits per heavy atom. The molecule has 0 unspecified atom stereocenters. The fraction of sp³-hybridized carbons (Fsp3) is 0.667. The lowest BCUT2D eigenvalue weighted by molar-refractivity contribution is -0.125. The maximum atomic E-state index is 10.8. The molecule has 3 nitrogen and oxygen atoms in total. The van der Waals surface area contributed by atoms with Gasteiger partial charge >= 0.3 is 0 Å². The summed E-state index contributed by atoms with van der Waals surface area (Å²) in [7, 11) is 0. The Morgan fingerprint density at radius 1 is 1.58 bits per heavy atom. The van der Waals surface area contributed by atoms with Gasteiger partial charge in [-0.25, -0.2) is 0 Å². The molecule has 12 heavy (non-hydrogen) atoms. The SMILES string of the molecule is CC(C)(O)[C@]1(O)C=CC(=O)CC1. The highest BCUT2D eigenvalue weighted by Crippen LogP contribution is 2.30. The summed E-state index contributed by atoms with van der Waals surface area (Å²) in [5.41, 5.74) is -2.44. The van der Waals surface area contributed by atoms with E-state index in [1.54, 1.807) is 0 Å². The normalized spacial score (nSPS) is 30.8. The Hall–Kier alpha value is -0.670. The van der Waals surface area contributed by atoms with Crippen molar-refractivity contribution in [3.05, 3.63) is 12.2 Å². The Kier molecular flexibility index (Phi) is 2.10. The van der Waals surface area contributed by atoms with Gasteiger partial charge in [0.05, 0.1) is 5.60 Å². The topological polar surface area (TPSA) is 57.5 Å². The highest BCUT2D eigenvalue weighted by Gasteiger charge is 2.41. The van der Waals surface area contributed by atoms with Crippen LogP contribution in [0, 0.1) is 0 Å². The maximum Gasteiger partial charge on any atom is 0.155 e. The van der Waals surface area contributed by atoms with Gasteiger partial charge in [0.2, 0.25) is 0 Å². The predicted octanol–water partition coefficient (Wildman–Crippen LogP) is 0.408. The molecule has 1 atom stereocenters. The maximum absolute atomic E-state index is 10.8. The van der Waals surface area contributed by atoms with Crippen LogP contribution >= 0.6 is 0 Å². The Bertz CT molecular complexity index is 224. The van der Waals surface area contributed by atoms with Crippen LogP contribution in [-0.4, -0.2) is 27.2 Å². The molecule has 0 aromatic rings. The Labute approximate surface area is 71.7 Å². The molecule has 3 heteroatoms. The van der Waals surface area contributed by atoms with Crippen LogP contribution in [0.4, 0.5) is 0 Å². The lowest BCUT2D eigenvalue weighted by Gasteiger charge is -2.37. The molecule has 0 fully saturated rings.